The highest BCUT2D eigenvalue weighted by atomic mass is 32.2. The van der Waals surface area contributed by atoms with Crippen LogP contribution in [0.3, 0.4) is 0 Å². The lowest BCUT2D eigenvalue weighted by Crippen LogP contribution is -2.55. The third-order valence-electron chi connectivity index (χ3n) is 3.87. The molecule has 116 valence electrons. The molecule has 0 unspecified atom stereocenters. The first kappa shape index (κ1) is 15.7. The summed E-state index contributed by atoms with van der Waals surface area (Å²) < 4.78 is 24.3. The van der Waals surface area contributed by atoms with Gasteiger partial charge in [-0.3, -0.25) is 9.69 Å². The molecule has 0 aromatic heterocycles. The number of sulfonamides is 1. The van der Waals surface area contributed by atoms with Crippen LogP contribution in [0.25, 0.3) is 0 Å². The summed E-state index contributed by atoms with van der Waals surface area (Å²) in [4.78, 5) is 16.2. The highest BCUT2D eigenvalue weighted by molar-refractivity contribution is 7.88. The quantitative estimate of drug-likeness (QED) is 0.679. The zero-order chi connectivity index (χ0) is 14.8. The van der Waals surface area contributed by atoms with Crippen molar-refractivity contribution >= 4 is 15.9 Å². The molecule has 2 saturated heterocycles. The largest absolute Gasteiger partial charge is 0.339 e. The monoisotopic (exact) mass is 304 g/mol. The number of hydrogen-bond acceptors (Lipinski definition) is 5. The van der Waals surface area contributed by atoms with Crippen LogP contribution in [-0.2, 0) is 14.8 Å². The number of carbonyl (C=O) groups excluding carboxylic acids is 1. The summed E-state index contributed by atoms with van der Waals surface area (Å²) in [5.41, 5.74) is 0. The Morgan fingerprint density at radius 3 is 2.40 bits per heavy atom. The van der Waals surface area contributed by atoms with Crippen LogP contribution >= 0.6 is 0 Å². The van der Waals surface area contributed by atoms with Crippen LogP contribution in [0.15, 0.2) is 0 Å². The van der Waals surface area contributed by atoms with Gasteiger partial charge in [0.25, 0.3) is 0 Å². The number of amides is 1. The summed E-state index contributed by atoms with van der Waals surface area (Å²) in [5, 5.41) is 3.35. The minimum atomic E-state index is -3.13. The van der Waals surface area contributed by atoms with Gasteiger partial charge in [0.1, 0.15) is 0 Å². The van der Waals surface area contributed by atoms with Gasteiger partial charge in [0.15, 0.2) is 0 Å². The molecule has 7 nitrogen and oxygen atoms in total. The molecule has 1 atom stereocenters. The second-order valence-corrected chi connectivity index (χ2v) is 7.62. The van der Waals surface area contributed by atoms with Crippen LogP contribution in [0.5, 0.6) is 0 Å². The molecule has 0 aromatic carbocycles. The molecule has 20 heavy (non-hydrogen) atoms. The predicted molar refractivity (Wildman–Crippen MR) is 76.9 cm³/mol. The Kier molecular flexibility index (Phi) is 5.00. The second-order valence-electron chi connectivity index (χ2n) is 5.63. The van der Waals surface area contributed by atoms with E-state index in [-0.39, 0.29) is 5.91 Å². The maximum absolute atomic E-state index is 12.2. The van der Waals surface area contributed by atoms with Gasteiger partial charge in [0.05, 0.1) is 12.8 Å². The van der Waals surface area contributed by atoms with E-state index in [4.69, 9.17) is 0 Å². The van der Waals surface area contributed by atoms with Crippen LogP contribution in [-0.4, -0.2) is 93.1 Å². The number of rotatable bonds is 3. The molecular weight excluding hydrogens is 280 g/mol. The van der Waals surface area contributed by atoms with Crippen LogP contribution in [0.1, 0.15) is 6.92 Å². The molecule has 0 bridgehead atoms. The van der Waals surface area contributed by atoms with Gasteiger partial charge >= 0.3 is 0 Å². The fourth-order valence-corrected chi connectivity index (χ4v) is 3.54. The Morgan fingerprint density at radius 1 is 1.20 bits per heavy atom. The highest BCUT2D eigenvalue weighted by Gasteiger charge is 2.27. The van der Waals surface area contributed by atoms with E-state index in [1.165, 1.54) is 10.6 Å². The summed E-state index contributed by atoms with van der Waals surface area (Å²) in [6.45, 7) is 7.03. The molecule has 8 heteroatoms. The van der Waals surface area contributed by atoms with E-state index < -0.39 is 10.0 Å². The Morgan fingerprint density at radius 2 is 1.85 bits per heavy atom. The third kappa shape index (κ3) is 4.15. The van der Waals surface area contributed by atoms with Crippen molar-refractivity contribution in [3.63, 3.8) is 0 Å². The molecule has 0 aromatic rings. The van der Waals surface area contributed by atoms with Crippen LogP contribution in [0, 0.1) is 0 Å². The molecule has 2 aliphatic rings. The van der Waals surface area contributed by atoms with Gasteiger partial charge < -0.3 is 10.2 Å². The number of nitrogens with zero attached hydrogens (tertiary/aromatic N) is 3. The maximum atomic E-state index is 12.2. The van der Waals surface area contributed by atoms with E-state index in [9.17, 15) is 13.2 Å². The third-order valence-corrected chi connectivity index (χ3v) is 5.18. The van der Waals surface area contributed by atoms with Crippen molar-refractivity contribution in [2.45, 2.75) is 13.0 Å². The maximum Gasteiger partial charge on any atom is 0.236 e. The first-order valence-corrected chi connectivity index (χ1v) is 8.90. The molecular formula is C12H24N4O3S. The average Bonchev–Trinajstić information content (AvgIpc) is 2.38. The van der Waals surface area contributed by atoms with Crippen LogP contribution in [0.2, 0.25) is 0 Å². The minimum absolute atomic E-state index is 0.104. The summed E-state index contributed by atoms with van der Waals surface area (Å²) >= 11 is 0. The van der Waals surface area contributed by atoms with Crippen molar-refractivity contribution in [2.75, 3.05) is 58.6 Å². The van der Waals surface area contributed by atoms with Gasteiger partial charge in [0, 0.05) is 51.9 Å². The van der Waals surface area contributed by atoms with Crippen molar-refractivity contribution in [3.8, 4) is 0 Å². The van der Waals surface area contributed by atoms with Gasteiger partial charge in [-0.2, -0.15) is 4.31 Å². The fraction of sp³-hybridized carbons (Fsp3) is 0.917. The molecule has 2 aliphatic heterocycles. The Balaban J connectivity index is 1.80. The summed E-state index contributed by atoms with van der Waals surface area (Å²) in [7, 11) is -3.13. The number of piperazine rings is 2. The van der Waals surface area contributed by atoms with Crippen molar-refractivity contribution < 1.29 is 13.2 Å². The van der Waals surface area contributed by atoms with E-state index in [0.717, 1.165) is 19.6 Å². The number of nitrogens with one attached hydrogen (secondary N) is 1. The zero-order valence-electron chi connectivity index (χ0n) is 12.2. The predicted octanol–water partition coefficient (Wildman–Crippen LogP) is -1.62. The van der Waals surface area contributed by atoms with Crippen molar-refractivity contribution in [2.24, 2.45) is 0 Å². The van der Waals surface area contributed by atoms with Crippen LogP contribution in [0.4, 0.5) is 0 Å². The summed E-state index contributed by atoms with van der Waals surface area (Å²) in [6, 6.07) is 0.415. The molecule has 2 fully saturated rings. The SMILES string of the molecule is C[C@@H]1CN(CC(=O)N2CCN(S(C)(=O)=O)CC2)CCN1. The normalized spacial score (nSPS) is 26.7. The van der Waals surface area contributed by atoms with Crippen molar-refractivity contribution in [3.05, 3.63) is 0 Å². The topological polar surface area (TPSA) is 73.0 Å². The highest BCUT2D eigenvalue weighted by Crippen LogP contribution is 2.07. The van der Waals surface area contributed by atoms with Gasteiger partial charge in [0.2, 0.25) is 15.9 Å². The zero-order valence-corrected chi connectivity index (χ0v) is 13.0. The number of carbonyl (C=O) groups is 1. The molecule has 2 rings (SSSR count). The molecule has 0 radical (unpaired) electrons. The fourth-order valence-electron chi connectivity index (χ4n) is 2.72. The van der Waals surface area contributed by atoms with Gasteiger partial charge in [-0.25, -0.2) is 8.42 Å². The van der Waals surface area contributed by atoms with Gasteiger partial charge in [-0.05, 0) is 6.92 Å². The molecule has 0 aliphatic carbocycles. The molecule has 1 amide bonds. The molecule has 0 spiro atoms. The van der Waals surface area contributed by atoms with Crippen LogP contribution < -0.4 is 5.32 Å². The Labute approximate surface area is 120 Å². The lowest BCUT2D eigenvalue weighted by atomic mass is 10.2. The lowest BCUT2D eigenvalue weighted by molar-refractivity contribution is -0.133. The molecule has 2 heterocycles. The van der Waals surface area contributed by atoms with Crippen molar-refractivity contribution in [1.82, 2.24) is 19.4 Å². The van der Waals surface area contributed by atoms with E-state index >= 15 is 0 Å². The lowest BCUT2D eigenvalue weighted by Gasteiger charge is -2.36. The van der Waals surface area contributed by atoms with E-state index in [0.29, 0.717) is 38.8 Å². The molecule has 1 N–H and O–H groups in total. The first-order valence-electron chi connectivity index (χ1n) is 7.05. The van der Waals surface area contributed by atoms with E-state index in [1.54, 1.807) is 4.90 Å². The Bertz CT molecular complexity index is 446. The van der Waals surface area contributed by atoms with E-state index in [2.05, 4.69) is 17.1 Å². The van der Waals surface area contributed by atoms with E-state index in [1.807, 2.05) is 0 Å². The summed E-state index contributed by atoms with van der Waals surface area (Å²) in [6.07, 6.45) is 1.21. The second kappa shape index (κ2) is 6.38. The summed E-state index contributed by atoms with van der Waals surface area (Å²) in [5.74, 6) is 0.104. The first-order chi connectivity index (χ1) is 9.36. The standard InChI is InChI=1S/C12H24N4O3S/c1-11-9-14(4-3-13-11)10-12(17)15-5-7-16(8-6-15)20(2,18)19/h11,13H,3-10H2,1-2H3/t11-/m1/s1. The molecule has 0 saturated carbocycles. The Hall–Kier alpha value is -0.700. The average molecular weight is 304 g/mol. The minimum Gasteiger partial charge on any atom is -0.339 e. The number of hydrogen-bond donors (Lipinski definition) is 1. The smallest absolute Gasteiger partial charge is 0.236 e. The van der Waals surface area contributed by atoms with Gasteiger partial charge in [-0.15, -0.1) is 0 Å². The van der Waals surface area contributed by atoms with Gasteiger partial charge in [-0.1, -0.05) is 0 Å². The van der Waals surface area contributed by atoms with Crippen molar-refractivity contribution in [1.29, 1.82) is 0 Å².